The maximum Gasteiger partial charge on any atom is 0.328 e. The van der Waals surface area contributed by atoms with Gasteiger partial charge in [0, 0.05) is 16.6 Å². The third-order valence-electron chi connectivity index (χ3n) is 4.60. The molecule has 3 aromatic rings. The SMILES string of the molecule is O=C(O)C1COCCN1C(=O)c1cc2c(-c3ccc(F)cc3)cccc2s1. The molecule has 1 saturated heterocycles. The number of morpholine rings is 1. The van der Waals surface area contributed by atoms with Crippen molar-refractivity contribution < 1.29 is 23.8 Å². The summed E-state index contributed by atoms with van der Waals surface area (Å²) in [6, 6.07) is 12.7. The van der Waals surface area contributed by atoms with Crippen LogP contribution in [0.4, 0.5) is 4.39 Å². The Bertz CT molecular complexity index is 1010. The molecule has 1 aliphatic rings. The topological polar surface area (TPSA) is 66.8 Å². The van der Waals surface area contributed by atoms with Crippen molar-refractivity contribution in [2.45, 2.75) is 6.04 Å². The number of hydrogen-bond donors (Lipinski definition) is 1. The zero-order valence-electron chi connectivity index (χ0n) is 14.2. The van der Waals surface area contributed by atoms with Gasteiger partial charge in [-0.05, 0) is 35.4 Å². The highest BCUT2D eigenvalue weighted by Crippen LogP contribution is 2.35. The van der Waals surface area contributed by atoms with Crippen LogP contribution in [0.2, 0.25) is 0 Å². The van der Waals surface area contributed by atoms with Crippen LogP contribution in [-0.2, 0) is 9.53 Å². The maximum atomic E-state index is 13.2. The number of carbonyl (C=O) groups is 2. The molecule has 2 heterocycles. The summed E-state index contributed by atoms with van der Waals surface area (Å²) in [5.41, 5.74) is 1.76. The van der Waals surface area contributed by atoms with E-state index in [-0.39, 0.29) is 24.9 Å². The minimum atomic E-state index is -1.07. The summed E-state index contributed by atoms with van der Waals surface area (Å²) < 4.78 is 19.3. The number of benzene rings is 2. The second kappa shape index (κ2) is 7.09. The molecule has 1 amide bonds. The number of amides is 1. The Balaban J connectivity index is 1.73. The highest BCUT2D eigenvalue weighted by atomic mass is 32.1. The molecule has 4 rings (SSSR count). The summed E-state index contributed by atoms with van der Waals surface area (Å²) in [6.45, 7) is 0.558. The first-order chi connectivity index (χ1) is 13.0. The van der Waals surface area contributed by atoms with E-state index >= 15 is 0 Å². The first-order valence-corrected chi connectivity index (χ1v) is 9.26. The number of carbonyl (C=O) groups excluding carboxylic acids is 1. The second-order valence-corrected chi connectivity index (χ2v) is 7.35. The molecule has 138 valence electrons. The van der Waals surface area contributed by atoms with E-state index < -0.39 is 12.0 Å². The van der Waals surface area contributed by atoms with E-state index in [1.165, 1.54) is 28.4 Å². The predicted molar refractivity (Wildman–Crippen MR) is 100 cm³/mol. The minimum Gasteiger partial charge on any atom is -0.480 e. The molecule has 0 bridgehead atoms. The monoisotopic (exact) mass is 385 g/mol. The Kier molecular flexibility index (Phi) is 4.63. The van der Waals surface area contributed by atoms with E-state index in [0.29, 0.717) is 11.5 Å². The van der Waals surface area contributed by atoms with Gasteiger partial charge in [-0.3, -0.25) is 4.79 Å². The molecule has 1 fully saturated rings. The molecule has 1 aliphatic heterocycles. The number of aliphatic carboxylic acids is 1. The average Bonchev–Trinajstić information content (AvgIpc) is 3.12. The molecule has 1 atom stereocenters. The quantitative estimate of drug-likeness (QED) is 0.748. The largest absolute Gasteiger partial charge is 0.480 e. The average molecular weight is 385 g/mol. The summed E-state index contributed by atoms with van der Waals surface area (Å²) >= 11 is 1.33. The molecule has 1 unspecified atom stereocenters. The van der Waals surface area contributed by atoms with Gasteiger partial charge in [-0.2, -0.15) is 0 Å². The number of halogens is 1. The van der Waals surface area contributed by atoms with Crippen LogP contribution >= 0.6 is 11.3 Å². The van der Waals surface area contributed by atoms with E-state index in [1.54, 1.807) is 18.2 Å². The van der Waals surface area contributed by atoms with E-state index in [1.807, 2.05) is 18.2 Å². The van der Waals surface area contributed by atoms with E-state index in [9.17, 15) is 19.1 Å². The lowest BCUT2D eigenvalue weighted by Gasteiger charge is -2.32. The maximum absolute atomic E-state index is 13.2. The van der Waals surface area contributed by atoms with Gasteiger partial charge in [0.2, 0.25) is 0 Å². The predicted octanol–water partition coefficient (Wildman–Crippen LogP) is 3.63. The number of carboxylic acid groups (broad SMARTS) is 1. The molecule has 1 aromatic heterocycles. The summed E-state index contributed by atoms with van der Waals surface area (Å²) in [7, 11) is 0. The summed E-state index contributed by atoms with van der Waals surface area (Å²) in [5, 5.41) is 10.2. The summed E-state index contributed by atoms with van der Waals surface area (Å²) in [6.07, 6.45) is 0. The normalized spacial score (nSPS) is 17.2. The van der Waals surface area contributed by atoms with Crippen LogP contribution in [0.15, 0.2) is 48.5 Å². The van der Waals surface area contributed by atoms with Gasteiger partial charge in [0.1, 0.15) is 5.82 Å². The third kappa shape index (κ3) is 3.31. The van der Waals surface area contributed by atoms with Crippen LogP contribution in [0, 0.1) is 5.82 Å². The minimum absolute atomic E-state index is 0.00714. The first kappa shape index (κ1) is 17.6. The van der Waals surface area contributed by atoms with Crippen molar-refractivity contribution in [3.05, 3.63) is 59.2 Å². The van der Waals surface area contributed by atoms with Crippen molar-refractivity contribution in [3.8, 4) is 11.1 Å². The zero-order chi connectivity index (χ0) is 19.0. The van der Waals surface area contributed by atoms with Crippen molar-refractivity contribution in [1.82, 2.24) is 4.90 Å². The van der Waals surface area contributed by atoms with E-state index in [2.05, 4.69) is 0 Å². The Hall–Kier alpha value is -2.77. The van der Waals surface area contributed by atoms with Crippen LogP contribution in [-0.4, -0.2) is 47.7 Å². The van der Waals surface area contributed by atoms with Crippen molar-refractivity contribution in [2.24, 2.45) is 0 Å². The van der Waals surface area contributed by atoms with Crippen molar-refractivity contribution >= 4 is 33.3 Å². The first-order valence-electron chi connectivity index (χ1n) is 8.44. The lowest BCUT2D eigenvalue weighted by atomic mass is 10.0. The molecule has 5 nitrogen and oxygen atoms in total. The lowest BCUT2D eigenvalue weighted by molar-refractivity contribution is -0.147. The number of hydrogen-bond acceptors (Lipinski definition) is 4. The second-order valence-electron chi connectivity index (χ2n) is 6.26. The van der Waals surface area contributed by atoms with Gasteiger partial charge in [0.05, 0.1) is 18.1 Å². The smallest absolute Gasteiger partial charge is 0.328 e. The van der Waals surface area contributed by atoms with Crippen LogP contribution in [0.25, 0.3) is 21.2 Å². The van der Waals surface area contributed by atoms with Crippen molar-refractivity contribution in [2.75, 3.05) is 19.8 Å². The van der Waals surface area contributed by atoms with Crippen molar-refractivity contribution in [1.29, 1.82) is 0 Å². The number of carboxylic acids is 1. The number of thiophene rings is 1. The number of fused-ring (bicyclic) bond motifs is 1. The van der Waals surface area contributed by atoms with E-state index in [4.69, 9.17) is 4.74 Å². The van der Waals surface area contributed by atoms with Crippen LogP contribution in [0.1, 0.15) is 9.67 Å². The Morgan fingerprint density at radius 2 is 1.96 bits per heavy atom. The lowest BCUT2D eigenvalue weighted by Crippen LogP contribution is -2.52. The molecule has 0 spiro atoms. The highest BCUT2D eigenvalue weighted by molar-refractivity contribution is 7.20. The van der Waals surface area contributed by atoms with Gasteiger partial charge < -0.3 is 14.7 Å². The molecular formula is C20H16FNO4S. The summed E-state index contributed by atoms with van der Waals surface area (Å²) in [4.78, 5) is 26.2. The Labute approximate surface area is 158 Å². The zero-order valence-corrected chi connectivity index (χ0v) is 15.0. The van der Waals surface area contributed by atoms with Crippen molar-refractivity contribution in [3.63, 3.8) is 0 Å². The number of nitrogens with zero attached hydrogens (tertiary/aromatic N) is 1. The summed E-state index contributed by atoms with van der Waals surface area (Å²) in [5.74, 6) is -1.69. The van der Waals surface area contributed by atoms with Gasteiger partial charge in [-0.15, -0.1) is 11.3 Å². The molecule has 1 N–H and O–H groups in total. The van der Waals surface area contributed by atoms with Gasteiger partial charge in [-0.25, -0.2) is 9.18 Å². The fourth-order valence-electron chi connectivity index (χ4n) is 3.24. The number of ether oxygens (including phenoxy) is 1. The molecule has 0 aliphatic carbocycles. The van der Waals surface area contributed by atoms with Gasteiger partial charge >= 0.3 is 5.97 Å². The van der Waals surface area contributed by atoms with Gasteiger partial charge in [-0.1, -0.05) is 24.3 Å². The third-order valence-corrected chi connectivity index (χ3v) is 5.69. The molecular weight excluding hydrogens is 369 g/mol. The standard InChI is InChI=1S/C20H16FNO4S/c21-13-6-4-12(5-7-13)14-2-1-3-17-15(14)10-18(27-17)19(23)22-8-9-26-11-16(22)20(24)25/h1-7,10,16H,8-9,11H2,(H,24,25). The van der Waals surface area contributed by atoms with Gasteiger partial charge in [0.15, 0.2) is 6.04 Å². The molecule has 2 aromatic carbocycles. The number of rotatable bonds is 3. The Morgan fingerprint density at radius 1 is 1.19 bits per heavy atom. The van der Waals surface area contributed by atoms with Gasteiger partial charge in [0.25, 0.3) is 5.91 Å². The fourth-order valence-corrected chi connectivity index (χ4v) is 4.28. The fraction of sp³-hybridized carbons (Fsp3) is 0.200. The van der Waals surface area contributed by atoms with Crippen LogP contribution < -0.4 is 0 Å². The molecule has 0 saturated carbocycles. The Morgan fingerprint density at radius 3 is 2.70 bits per heavy atom. The van der Waals surface area contributed by atoms with E-state index in [0.717, 1.165) is 21.2 Å². The highest BCUT2D eigenvalue weighted by Gasteiger charge is 2.34. The van der Waals surface area contributed by atoms with Crippen LogP contribution in [0.5, 0.6) is 0 Å². The van der Waals surface area contributed by atoms with Crippen LogP contribution in [0.3, 0.4) is 0 Å². The molecule has 0 radical (unpaired) electrons. The molecule has 7 heteroatoms. The molecule has 27 heavy (non-hydrogen) atoms.